The van der Waals surface area contributed by atoms with Crippen molar-refractivity contribution in [2.24, 2.45) is 5.10 Å². The van der Waals surface area contributed by atoms with Crippen LogP contribution in [0.15, 0.2) is 41.5 Å². The molecule has 0 aliphatic rings. The number of hydrazone groups is 1. The smallest absolute Gasteiger partial charge is 0.191 e. The number of anilines is 1. The third kappa shape index (κ3) is 4.30. The number of benzene rings is 2. The molecule has 2 aromatic rings. The van der Waals surface area contributed by atoms with E-state index in [0.717, 1.165) is 0 Å². The lowest BCUT2D eigenvalue weighted by atomic mass is 10.2. The van der Waals surface area contributed by atoms with E-state index in [1.807, 2.05) is 0 Å². The maximum absolute atomic E-state index is 13.4. The van der Waals surface area contributed by atoms with E-state index in [0.29, 0.717) is 10.6 Å². The van der Waals surface area contributed by atoms with Gasteiger partial charge in [-0.2, -0.15) is 5.10 Å². The Labute approximate surface area is 141 Å². The van der Waals surface area contributed by atoms with E-state index in [9.17, 15) is 9.50 Å². The second-order valence-electron chi connectivity index (χ2n) is 4.13. The van der Waals surface area contributed by atoms with Crippen molar-refractivity contribution >= 4 is 52.4 Å². The molecule has 0 aromatic heterocycles. The maximum atomic E-state index is 13.4. The second kappa shape index (κ2) is 7.40. The molecule has 0 heterocycles. The van der Waals surface area contributed by atoms with Crippen LogP contribution >= 0.6 is 35.4 Å². The minimum atomic E-state index is -0.435. The lowest BCUT2D eigenvalue weighted by Gasteiger charge is -2.07. The molecule has 2 rings (SSSR count). The van der Waals surface area contributed by atoms with Crippen molar-refractivity contribution < 1.29 is 9.50 Å². The summed E-state index contributed by atoms with van der Waals surface area (Å²) in [4.78, 5) is 0. The van der Waals surface area contributed by atoms with Crippen LogP contribution in [-0.2, 0) is 0 Å². The lowest BCUT2D eigenvalue weighted by Crippen LogP contribution is -2.24. The minimum absolute atomic E-state index is 0.0916. The van der Waals surface area contributed by atoms with Crippen molar-refractivity contribution in [1.82, 2.24) is 5.43 Å². The molecule has 0 bridgehead atoms. The summed E-state index contributed by atoms with van der Waals surface area (Å²) in [5.74, 6) is -0.584. The second-order valence-corrected chi connectivity index (χ2v) is 5.38. The number of phenols is 1. The summed E-state index contributed by atoms with van der Waals surface area (Å²) in [5, 5.41) is 16.8. The zero-order valence-corrected chi connectivity index (χ0v) is 13.3. The standard InChI is InChI=1S/C14H10Cl2FN3OS/c15-9-5-8(13(21)10(16)6-9)7-18-20-14(22)19-12-4-2-1-3-11(12)17/h1-7,21H,(H2,19,20,22)/b18-7+. The van der Waals surface area contributed by atoms with Gasteiger partial charge in [0.05, 0.1) is 16.9 Å². The Bertz CT molecular complexity index is 740. The molecular weight excluding hydrogens is 348 g/mol. The molecule has 4 nitrogen and oxygen atoms in total. The highest BCUT2D eigenvalue weighted by atomic mass is 35.5. The van der Waals surface area contributed by atoms with E-state index in [4.69, 9.17) is 35.4 Å². The highest BCUT2D eigenvalue weighted by Crippen LogP contribution is 2.29. The summed E-state index contributed by atoms with van der Waals surface area (Å²) in [6.45, 7) is 0. The van der Waals surface area contributed by atoms with Gasteiger partial charge in [-0.05, 0) is 36.5 Å². The first-order chi connectivity index (χ1) is 10.5. The number of halogens is 3. The fourth-order valence-electron chi connectivity index (χ4n) is 1.56. The first kappa shape index (κ1) is 16.5. The van der Waals surface area contributed by atoms with Gasteiger partial charge in [0.25, 0.3) is 0 Å². The summed E-state index contributed by atoms with van der Waals surface area (Å²) in [7, 11) is 0. The van der Waals surface area contributed by atoms with Crippen molar-refractivity contribution in [3.05, 3.63) is 57.8 Å². The number of nitrogens with zero attached hydrogens (tertiary/aromatic N) is 1. The van der Waals surface area contributed by atoms with Crippen molar-refractivity contribution in [3.8, 4) is 5.75 Å². The first-order valence-electron chi connectivity index (χ1n) is 6.00. The van der Waals surface area contributed by atoms with Crippen LogP contribution in [0.25, 0.3) is 0 Å². The Morgan fingerprint density at radius 2 is 2.00 bits per heavy atom. The van der Waals surface area contributed by atoms with Crippen LogP contribution in [0.1, 0.15) is 5.56 Å². The number of rotatable bonds is 3. The fourth-order valence-corrected chi connectivity index (χ4v) is 2.23. The van der Waals surface area contributed by atoms with Gasteiger partial charge >= 0.3 is 0 Å². The summed E-state index contributed by atoms with van der Waals surface area (Å²) in [5.41, 5.74) is 3.04. The largest absolute Gasteiger partial charge is 0.506 e. The number of para-hydroxylation sites is 1. The molecule has 0 aliphatic heterocycles. The Balaban J connectivity index is 2.01. The molecule has 0 saturated carbocycles. The van der Waals surface area contributed by atoms with Gasteiger partial charge in [-0.25, -0.2) is 4.39 Å². The Kier molecular flexibility index (Phi) is 5.54. The molecule has 8 heteroatoms. The van der Waals surface area contributed by atoms with E-state index < -0.39 is 5.82 Å². The minimum Gasteiger partial charge on any atom is -0.506 e. The maximum Gasteiger partial charge on any atom is 0.191 e. The molecule has 0 aliphatic carbocycles. The van der Waals surface area contributed by atoms with E-state index in [-0.39, 0.29) is 21.6 Å². The molecule has 0 fully saturated rings. The SMILES string of the molecule is Oc1c(Cl)cc(Cl)cc1/C=N/NC(=S)Nc1ccccc1F. The van der Waals surface area contributed by atoms with Gasteiger partial charge in [0, 0.05) is 10.6 Å². The van der Waals surface area contributed by atoms with Crippen LogP contribution in [0.5, 0.6) is 5.75 Å². The van der Waals surface area contributed by atoms with Crippen LogP contribution < -0.4 is 10.7 Å². The normalized spacial score (nSPS) is 10.7. The zero-order chi connectivity index (χ0) is 16.1. The topological polar surface area (TPSA) is 56.7 Å². The van der Waals surface area contributed by atoms with Crippen molar-refractivity contribution in [2.45, 2.75) is 0 Å². The van der Waals surface area contributed by atoms with Crippen LogP contribution in [-0.4, -0.2) is 16.4 Å². The number of nitrogens with one attached hydrogen (secondary N) is 2. The van der Waals surface area contributed by atoms with Gasteiger partial charge in [-0.3, -0.25) is 5.43 Å². The van der Waals surface area contributed by atoms with Crippen LogP contribution in [0, 0.1) is 5.82 Å². The Hall–Kier alpha value is -1.89. The number of hydrogen-bond acceptors (Lipinski definition) is 3. The average molecular weight is 358 g/mol. The van der Waals surface area contributed by atoms with E-state index in [1.54, 1.807) is 12.1 Å². The van der Waals surface area contributed by atoms with Crippen LogP contribution in [0.2, 0.25) is 10.0 Å². The van der Waals surface area contributed by atoms with E-state index >= 15 is 0 Å². The predicted octanol–water partition coefficient (Wildman–Crippen LogP) is 4.16. The molecular formula is C14H10Cl2FN3OS. The van der Waals surface area contributed by atoms with Gasteiger partial charge in [0.2, 0.25) is 0 Å². The molecule has 2 aromatic carbocycles. The van der Waals surface area contributed by atoms with Crippen LogP contribution in [0.4, 0.5) is 10.1 Å². The van der Waals surface area contributed by atoms with Gasteiger partial charge < -0.3 is 10.4 Å². The molecule has 0 radical (unpaired) electrons. The number of aromatic hydroxyl groups is 1. The van der Waals surface area contributed by atoms with Gasteiger partial charge in [-0.1, -0.05) is 35.3 Å². The van der Waals surface area contributed by atoms with Crippen molar-refractivity contribution in [1.29, 1.82) is 0 Å². The summed E-state index contributed by atoms with van der Waals surface area (Å²) < 4.78 is 13.4. The molecule has 0 amide bonds. The zero-order valence-electron chi connectivity index (χ0n) is 11.0. The third-order valence-corrected chi connectivity index (χ3v) is 3.25. The first-order valence-corrected chi connectivity index (χ1v) is 7.16. The van der Waals surface area contributed by atoms with E-state index in [1.165, 1.54) is 30.5 Å². The van der Waals surface area contributed by atoms with Gasteiger partial charge in [0.15, 0.2) is 5.11 Å². The predicted molar refractivity (Wildman–Crippen MR) is 91.5 cm³/mol. The monoisotopic (exact) mass is 357 g/mol. The average Bonchev–Trinajstić information content (AvgIpc) is 2.46. The summed E-state index contributed by atoms with van der Waals surface area (Å²) in [6, 6.07) is 8.98. The summed E-state index contributed by atoms with van der Waals surface area (Å²) in [6.07, 6.45) is 1.29. The molecule has 22 heavy (non-hydrogen) atoms. The van der Waals surface area contributed by atoms with Crippen LogP contribution in [0.3, 0.4) is 0 Å². The molecule has 0 atom stereocenters. The molecule has 3 N–H and O–H groups in total. The van der Waals surface area contributed by atoms with Gasteiger partial charge in [-0.15, -0.1) is 0 Å². The quantitative estimate of drug-likeness (QED) is 0.438. The third-order valence-electron chi connectivity index (χ3n) is 2.55. The molecule has 0 saturated heterocycles. The number of thiocarbonyl (C=S) groups is 1. The fraction of sp³-hybridized carbons (Fsp3) is 0. The highest BCUT2D eigenvalue weighted by molar-refractivity contribution is 7.80. The summed E-state index contributed by atoms with van der Waals surface area (Å²) >= 11 is 16.6. The Morgan fingerprint density at radius 1 is 1.27 bits per heavy atom. The van der Waals surface area contributed by atoms with Crippen molar-refractivity contribution in [3.63, 3.8) is 0 Å². The molecule has 0 spiro atoms. The number of hydrogen-bond donors (Lipinski definition) is 3. The van der Waals surface area contributed by atoms with Gasteiger partial charge in [0.1, 0.15) is 11.6 Å². The molecule has 114 valence electrons. The van der Waals surface area contributed by atoms with E-state index in [2.05, 4.69) is 15.8 Å². The Morgan fingerprint density at radius 3 is 2.73 bits per heavy atom. The molecule has 0 unspecified atom stereocenters. The highest BCUT2D eigenvalue weighted by Gasteiger charge is 2.06. The van der Waals surface area contributed by atoms with Crippen molar-refractivity contribution in [2.75, 3.05) is 5.32 Å². The number of phenolic OH excluding ortho intramolecular Hbond substituents is 1. The lowest BCUT2D eigenvalue weighted by molar-refractivity contribution is 0.474.